The molecular formula is C25H26FNO5S. The van der Waals surface area contributed by atoms with Crippen LogP contribution in [0.3, 0.4) is 0 Å². The fourth-order valence-electron chi connectivity index (χ4n) is 3.11. The summed E-state index contributed by atoms with van der Waals surface area (Å²) in [5, 5.41) is 0. The van der Waals surface area contributed by atoms with Crippen molar-refractivity contribution in [1.29, 1.82) is 0 Å². The summed E-state index contributed by atoms with van der Waals surface area (Å²) >= 11 is 1.29. The highest BCUT2D eigenvalue weighted by Gasteiger charge is 2.15. The number of hydrogen-bond donors (Lipinski definition) is 1. The molecule has 0 bridgehead atoms. The molecule has 0 aliphatic carbocycles. The monoisotopic (exact) mass is 471 g/mol. The minimum Gasteiger partial charge on any atom is -0.497 e. The molecule has 1 N–H and O–H groups in total. The summed E-state index contributed by atoms with van der Waals surface area (Å²) in [6, 6.07) is 14.5. The highest BCUT2D eigenvalue weighted by molar-refractivity contribution is 8.00. The summed E-state index contributed by atoms with van der Waals surface area (Å²) < 4.78 is 44.7. The predicted octanol–water partition coefficient (Wildman–Crippen LogP) is 6.16. The molecule has 3 aromatic carbocycles. The van der Waals surface area contributed by atoms with E-state index in [2.05, 4.69) is 4.72 Å². The second kappa shape index (κ2) is 11.4. The number of benzene rings is 3. The molecule has 0 fully saturated rings. The lowest BCUT2D eigenvalue weighted by molar-refractivity contribution is 0.324. The molecule has 8 heteroatoms. The summed E-state index contributed by atoms with van der Waals surface area (Å²) in [7, 11) is 7.71. The molecular weight excluding hydrogens is 445 g/mol. The molecule has 0 radical (unpaired) electrons. The van der Waals surface area contributed by atoms with Gasteiger partial charge in [0.1, 0.15) is 5.75 Å². The van der Waals surface area contributed by atoms with Crippen LogP contribution < -0.4 is 28.4 Å². The van der Waals surface area contributed by atoms with E-state index in [1.807, 2.05) is 42.5 Å². The Morgan fingerprint density at radius 2 is 1.36 bits per heavy atom. The van der Waals surface area contributed by atoms with Crippen LogP contribution >= 0.6 is 11.9 Å². The van der Waals surface area contributed by atoms with Crippen molar-refractivity contribution in [2.45, 2.75) is 4.90 Å². The Balaban J connectivity index is 1.92. The lowest BCUT2D eigenvalue weighted by Gasteiger charge is -2.14. The van der Waals surface area contributed by atoms with Crippen LogP contribution in [0.5, 0.6) is 28.7 Å². The quantitative estimate of drug-likeness (QED) is 0.281. The molecule has 0 aliphatic heterocycles. The molecule has 0 aliphatic rings. The zero-order valence-electron chi connectivity index (χ0n) is 19.1. The maximum atomic E-state index is 15.1. The van der Waals surface area contributed by atoms with E-state index in [1.165, 1.54) is 19.1 Å². The third-order valence-corrected chi connectivity index (χ3v) is 5.65. The first kappa shape index (κ1) is 24.1. The van der Waals surface area contributed by atoms with E-state index in [1.54, 1.807) is 46.6 Å². The fraction of sp³-hybridized carbons (Fsp3) is 0.200. The Morgan fingerprint density at radius 1 is 0.727 bits per heavy atom. The van der Waals surface area contributed by atoms with Crippen LogP contribution in [0.4, 0.5) is 10.1 Å². The largest absolute Gasteiger partial charge is 0.497 e. The van der Waals surface area contributed by atoms with Crippen LogP contribution in [0, 0.1) is 5.82 Å². The Kier molecular flexibility index (Phi) is 8.32. The van der Waals surface area contributed by atoms with Crippen molar-refractivity contribution in [3.05, 3.63) is 65.5 Å². The highest BCUT2D eigenvalue weighted by atomic mass is 32.2. The van der Waals surface area contributed by atoms with Crippen molar-refractivity contribution in [2.75, 3.05) is 40.3 Å². The number of anilines is 1. The third-order valence-electron chi connectivity index (χ3n) is 4.83. The molecule has 174 valence electrons. The number of hydrogen-bond acceptors (Lipinski definition) is 7. The van der Waals surface area contributed by atoms with Crippen LogP contribution in [-0.2, 0) is 0 Å². The molecule has 6 nitrogen and oxygen atoms in total. The summed E-state index contributed by atoms with van der Waals surface area (Å²) in [5.74, 6) is 1.99. The Labute approximate surface area is 197 Å². The van der Waals surface area contributed by atoms with Gasteiger partial charge < -0.3 is 28.4 Å². The van der Waals surface area contributed by atoms with E-state index in [-0.39, 0.29) is 5.75 Å². The summed E-state index contributed by atoms with van der Waals surface area (Å²) in [5.41, 5.74) is 1.75. The van der Waals surface area contributed by atoms with Gasteiger partial charge in [-0.05, 0) is 66.0 Å². The molecule has 0 saturated heterocycles. The van der Waals surface area contributed by atoms with Gasteiger partial charge in [0.2, 0.25) is 5.75 Å². The summed E-state index contributed by atoms with van der Waals surface area (Å²) in [6.45, 7) is 0. The molecule has 0 heterocycles. The maximum Gasteiger partial charge on any atom is 0.203 e. The van der Waals surface area contributed by atoms with Gasteiger partial charge in [-0.25, -0.2) is 4.39 Å². The number of halogens is 1. The molecule has 3 rings (SSSR count). The van der Waals surface area contributed by atoms with Crippen molar-refractivity contribution in [3.63, 3.8) is 0 Å². The van der Waals surface area contributed by atoms with E-state index < -0.39 is 5.82 Å². The molecule has 3 aromatic rings. The zero-order chi connectivity index (χ0) is 23.8. The average molecular weight is 472 g/mol. The van der Waals surface area contributed by atoms with Crippen LogP contribution in [0.1, 0.15) is 11.1 Å². The number of ether oxygens (including phenoxy) is 5. The Morgan fingerprint density at radius 3 is 1.91 bits per heavy atom. The second-order valence-electron chi connectivity index (χ2n) is 6.72. The second-order valence-corrected chi connectivity index (χ2v) is 7.60. The van der Waals surface area contributed by atoms with E-state index in [9.17, 15) is 0 Å². The number of rotatable bonds is 10. The van der Waals surface area contributed by atoms with Crippen LogP contribution in [0.15, 0.2) is 53.4 Å². The van der Waals surface area contributed by atoms with Gasteiger partial charge in [-0.2, -0.15) is 0 Å². The van der Waals surface area contributed by atoms with Crippen molar-refractivity contribution in [2.24, 2.45) is 0 Å². The van der Waals surface area contributed by atoms with Crippen LogP contribution in [-0.4, -0.2) is 35.5 Å². The SMILES string of the molecule is COc1ccc(SNc2c(/C=C\c3cc(OC)c(OC)c(OC)c3)ccc(OC)c2F)cc1. The lowest BCUT2D eigenvalue weighted by Crippen LogP contribution is -1.98. The molecule has 33 heavy (non-hydrogen) atoms. The Hall–Kier alpha value is -3.52. The van der Waals surface area contributed by atoms with E-state index in [0.29, 0.717) is 28.5 Å². The normalized spacial score (nSPS) is 10.7. The smallest absolute Gasteiger partial charge is 0.203 e. The van der Waals surface area contributed by atoms with Crippen molar-refractivity contribution >= 4 is 29.8 Å². The first-order valence-electron chi connectivity index (χ1n) is 9.96. The van der Waals surface area contributed by atoms with Gasteiger partial charge in [0.05, 0.1) is 41.2 Å². The van der Waals surface area contributed by atoms with Gasteiger partial charge in [0.15, 0.2) is 23.1 Å². The predicted molar refractivity (Wildman–Crippen MR) is 130 cm³/mol. The van der Waals surface area contributed by atoms with Gasteiger partial charge in [-0.15, -0.1) is 0 Å². The molecule has 0 aromatic heterocycles. The van der Waals surface area contributed by atoms with Gasteiger partial charge in [0.25, 0.3) is 0 Å². The third kappa shape index (κ3) is 5.64. The van der Waals surface area contributed by atoms with Gasteiger partial charge >= 0.3 is 0 Å². The van der Waals surface area contributed by atoms with Crippen molar-refractivity contribution in [3.8, 4) is 28.7 Å². The number of nitrogens with one attached hydrogen (secondary N) is 1. The molecule has 0 unspecified atom stereocenters. The van der Waals surface area contributed by atoms with E-state index >= 15 is 4.39 Å². The van der Waals surface area contributed by atoms with Gasteiger partial charge in [0, 0.05) is 10.5 Å². The van der Waals surface area contributed by atoms with Gasteiger partial charge in [-0.1, -0.05) is 12.2 Å². The maximum absolute atomic E-state index is 15.1. The lowest BCUT2D eigenvalue weighted by atomic mass is 10.1. The Bertz CT molecular complexity index is 1090. The van der Waals surface area contributed by atoms with Crippen LogP contribution in [0.2, 0.25) is 0 Å². The molecule has 0 saturated carbocycles. The molecule has 0 atom stereocenters. The van der Waals surface area contributed by atoms with E-state index in [4.69, 9.17) is 23.7 Å². The first-order chi connectivity index (χ1) is 16.0. The van der Waals surface area contributed by atoms with Crippen molar-refractivity contribution in [1.82, 2.24) is 0 Å². The van der Waals surface area contributed by atoms with Crippen molar-refractivity contribution < 1.29 is 28.1 Å². The first-order valence-corrected chi connectivity index (χ1v) is 10.8. The minimum atomic E-state index is -0.481. The average Bonchev–Trinajstić information content (AvgIpc) is 2.86. The van der Waals surface area contributed by atoms with Gasteiger partial charge in [-0.3, -0.25) is 0 Å². The minimum absolute atomic E-state index is 0.151. The molecule has 0 spiro atoms. The summed E-state index contributed by atoms with van der Waals surface area (Å²) in [4.78, 5) is 0.901. The number of methoxy groups -OCH3 is 5. The fourth-order valence-corrected chi connectivity index (χ4v) is 3.81. The highest BCUT2D eigenvalue weighted by Crippen LogP contribution is 2.39. The van der Waals surface area contributed by atoms with Crippen LogP contribution in [0.25, 0.3) is 12.2 Å². The topological polar surface area (TPSA) is 58.2 Å². The van der Waals surface area contributed by atoms with E-state index in [0.717, 1.165) is 16.2 Å². The molecule has 0 amide bonds. The summed E-state index contributed by atoms with van der Waals surface area (Å²) in [6.07, 6.45) is 3.65. The standard InChI is InChI=1S/C25H26FNO5S/c1-28-18-9-11-19(12-10-18)33-27-24-17(8-13-20(29-2)23(24)26)7-6-16-14-21(30-3)25(32-5)22(15-16)31-4/h6-15,27H,1-5H3/b7-6-. The zero-order valence-corrected chi connectivity index (χ0v) is 19.9.